The van der Waals surface area contributed by atoms with Gasteiger partial charge >= 0.3 is 0 Å². The van der Waals surface area contributed by atoms with Crippen LogP contribution in [0.15, 0.2) is 0 Å². The quantitative estimate of drug-likeness (QED) is 0.189. The van der Waals surface area contributed by atoms with E-state index in [1.807, 2.05) is 0 Å². The van der Waals surface area contributed by atoms with E-state index in [-0.39, 0.29) is 6.61 Å². The summed E-state index contributed by atoms with van der Waals surface area (Å²) in [6.07, 6.45) is -15.6. The molecule has 27 heavy (non-hydrogen) atoms. The van der Waals surface area contributed by atoms with Crippen LogP contribution in [0, 0.1) is 0 Å². The van der Waals surface area contributed by atoms with E-state index in [9.17, 15) is 35.7 Å². The number of rotatable bonds is 5. The molecular formula is C14H28O12S. The van der Waals surface area contributed by atoms with E-state index in [0.717, 1.165) is 0 Å². The molecule has 2 rings (SSSR count). The first-order valence-corrected chi connectivity index (χ1v) is 8.84. The molecule has 0 aromatic carbocycles. The lowest BCUT2D eigenvalue weighted by Crippen LogP contribution is -2.64. The maximum Gasteiger partial charge on any atom is 0.187 e. The fourth-order valence-corrected chi connectivity index (χ4v) is 2.57. The summed E-state index contributed by atoms with van der Waals surface area (Å²) in [4.78, 5) is 0. The maximum absolute atomic E-state index is 9.94. The molecule has 0 aliphatic carbocycles. The number of hydrogen-bond acceptors (Lipinski definition) is 13. The molecule has 10 atom stereocenters. The molecule has 2 fully saturated rings. The number of aliphatic hydroxyl groups excluding tert-OH is 9. The summed E-state index contributed by atoms with van der Waals surface area (Å²) in [6.45, 7) is -1.16. The van der Waals surface area contributed by atoms with Gasteiger partial charge < -0.3 is 60.2 Å². The Kier molecular flexibility index (Phi) is 10.9. The summed E-state index contributed by atoms with van der Waals surface area (Å²) >= 11 is 3.67. The van der Waals surface area contributed by atoms with Crippen LogP contribution in [0.4, 0.5) is 0 Å². The van der Waals surface area contributed by atoms with Crippen LogP contribution in [0.5, 0.6) is 0 Å². The summed E-state index contributed by atoms with van der Waals surface area (Å²) < 4.78 is 15.3. The molecule has 0 amide bonds. The number of hydrogen-bond donors (Lipinski definition) is 10. The second-order valence-corrected chi connectivity index (χ2v) is 6.42. The van der Waals surface area contributed by atoms with Gasteiger partial charge in [-0.15, -0.1) is 0 Å². The summed E-state index contributed by atoms with van der Waals surface area (Å²) in [7, 11) is 0. The Balaban J connectivity index is 0.000000828. The van der Waals surface area contributed by atoms with Crippen molar-refractivity contribution in [1.82, 2.24) is 0 Å². The second kappa shape index (κ2) is 11.8. The van der Waals surface area contributed by atoms with Gasteiger partial charge in [-0.1, -0.05) is 0 Å². The molecule has 0 aromatic rings. The zero-order chi connectivity index (χ0) is 20.7. The van der Waals surface area contributed by atoms with E-state index in [2.05, 4.69) is 12.6 Å². The molecule has 2 aliphatic rings. The minimum atomic E-state index is -1.74. The molecule has 0 unspecified atom stereocenters. The van der Waals surface area contributed by atoms with E-state index < -0.39 is 74.6 Å². The van der Waals surface area contributed by atoms with Crippen molar-refractivity contribution < 1.29 is 60.2 Å². The molecule has 0 saturated carbocycles. The van der Waals surface area contributed by atoms with E-state index in [4.69, 9.17) is 24.4 Å². The average Bonchev–Trinajstić information content (AvgIpc) is 2.68. The van der Waals surface area contributed by atoms with Gasteiger partial charge in [0.2, 0.25) is 0 Å². The Morgan fingerprint density at radius 1 is 0.704 bits per heavy atom. The number of thiol groups is 1. The van der Waals surface area contributed by atoms with Gasteiger partial charge in [0.1, 0.15) is 48.8 Å². The Morgan fingerprint density at radius 2 is 1.26 bits per heavy atom. The topological polar surface area (TPSA) is 210 Å². The third-order valence-electron chi connectivity index (χ3n) is 4.08. The van der Waals surface area contributed by atoms with Gasteiger partial charge in [0, 0.05) is 5.75 Å². The van der Waals surface area contributed by atoms with Gasteiger partial charge in [-0.25, -0.2) is 0 Å². The summed E-state index contributed by atoms with van der Waals surface area (Å²) in [5.74, 6) is 0.569. The first kappa shape index (κ1) is 24.9. The number of aliphatic hydroxyl groups is 9. The normalized spacial score (nSPS) is 45.1. The highest BCUT2D eigenvalue weighted by molar-refractivity contribution is 7.80. The average molecular weight is 420 g/mol. The number of ether oxygens (including phenoxy) is 3. The first-order valence-electron chi connectivity index (χ1n) is 8.21. The molecule has 0 spiro atoms. The van der Waals surface area contributed by atoms with E-state index >= 15 is 0 Å². The third-order valence-corrected chi connectivity index (χ3v) is 4.28. The van der Waals surface area contributed by atoms with E-state index in [0.29, 0.717) is 5.75 Å². The smallest absolute Gasteiger partial charge is 0.187 e. The lowest BCUT2D eigenvalue weighted by Gasteiger charge is -2.45. The molecule has 0 radical (unpaired) electrons. The van der Waals surface area contributed by atoms with Crippen LogP contribution < -0.4 is 0 Å². The van der Waals surface area contributed by atoms with Gasteiger partial charge in [-0.05, 0) is 0 Å². The van der Waals surface area contributed by atoms with Gasteiger partial charge in [-0.3, -0.25) is 0 Å². The highest BCUT2D eigenvalue weighted by atomic mass is 32.1. The molecule has 0 aromatic heterocycles. The van der Waals surface area contributed by atoms with Crippen molar-refractivity contribution in [1.29, 1.82) is 0 Å². The lowest BCUT2D eigenvalue weighted by atomic mass is 9.97. The summed E-state index contributed by atoms with van der Waals surface area (Å²) in [6, 6.07) is 0. The summed E-state index contributed by atoms with van der Waals surface area (Å²) in [5.41, 5.74) is 0. The van der Waals surface area contributed by atoms with Crippen molar-refractivity contribution in [3.05, 3.63) is 0 Å². The van der Waals surface area contributed by atoms with Gasteiger partial charge in [0.25, 0.3) is 0 Å². The molecule has 12 nitrogen and oxygen atoms in total. The second-order valence-electron chi connectivity index (χ2n) is 5.97. The van der Waals surface area contributed by atoms with Crippen molar-refractivity contribution in [2.45, 2.75) is 61.4 Å². The van der Waals surface area contributed by atoms with Crippen LogP contribution in [0.25, 0.3) is 0 Å². The first-order chi connectivity index (χ1) is 12.7. The molecule has 2 heterocycles. The van der Waals surface area contributed by atoms with Gasteiger partial charge in [0.15, 0.2) is 12.6 Å². The molecule has 9 N–H and O–H groups in total. The van der Waals surface area contributed by atoms with Crippen molar-refractivity contribution in [2.24, 2.45) is 0 Å². The van der Waals surface area contributed by atoms with Crippen LogP contribution >= 0.6 is 12.6 Å². The molecular weight excluding hydrogens is 392 g/mol. The van der Waals surface area contributed by atoms with E-state index in [1.54, 1.807) is 0 Å². The highest BCUT2D eigenvalue weighted by Crippen LogP contribution is 2.28. The Hall–Kier alpha value is -0.130. The molecule has 0 bridgehead atoms. The summed E-state index contributed by atoms with van der Waals surface area (Å²) in [5, 5.41) is 84.3. The van der Waals surface area contributed by atoms with Crippen LogP contribution in [-0.4, -0.2) is 133 Å². The monoisotopic (exact) mass is 420 g/mol. The van der Waals surface area contributed by atoms with Crippen LogP contribution in [0.3, 0.4) is 0 Å². The third kappa shape index (κ3) is 6.17. The van der Waals surface area contributed by atoms with Gasteiger partial charge in [0.05, 0.1) is 19.8 Å². The molecule has 13 heteroatoms. The van der Waals surface area contributed by atoms with Crippen molar-refractivity contribution in [3.8, 4) is 0 Å². The largest absolute Gasteiger partial charge is 0.396 e. The lowest BCUT2D eigenvalue weighted by molar-refractivity contribution is -0.355. The predicted molar refractivity (Wildman–Crippen MR) is 89.6 cm³/mol. The zero-order valence-electron chi connectivity index (χ0n) is 14.3. The highest BCUT2D eigenvalue weighted by Gasteiger charge is 2.50. The van der Waals surface area contributed by atoms with Crippen LogP contribution in [0.2, 0.25) is 0 Å². The standard InChI is InChI=1S/C12H22O11.C2H6OS/c13-1-3-5(15)6(16)9(19)12(22-3)23-10-4(2-14)21-11(20)8(18)7(10)17;3-1-2-4/h3-20H,1-2H2;3-4H,1-2H2/t3-,4-,5-,6+,7-,8-,9-,10-,11-,12-;/m1./s1. The fourth-order valence-electron chi connectivity index (χ4n) is 2.57. The molecule has 2 aliphatic heterocycles. The predicted octanol–water partition coefficient (Wildman–Crippen LogP) is -5.49. The maximum atomic E-state index is 9.94. The van der Waals surface area contributed by atoms with Crippen molar-refractivity contribution >= 4 is 12.6 Å². The van der Waals surface area contributed by atoms with Gasteiger partial charge in [-0.2, -0.15) is 12.6 Å². The zero-order valence-corrected chi connectivity index (χ0v) is 15.2. The fraction of sp³-hybridized carbons (Fsp3) is 1.00. The van der Waals surface area contributed by atoms with E-state index in [1.165, 1.54) is 0 Å². The van der Waals surface area contributed by atoms with Crippen molar-refractivity contribution in [3.63, 3.8) is 0 Å². The SMILES string of the molecule is OCCS.OC[C@H]1O[C@H](O[C@H]2[C@H](O)[C@@H](O)[C@H](O)O[C@@H]2CO)[C@H](O)[C@@H](O)[C@@H]1O. The van der Waals surface area contributed by atoms with Crippen LogP contribution in [0.1, 0.15) is 0 Å². The Labute approximate surface area is 160 Å². The van der Waals surface area contributed by atoms with Crippen molar-refractivity contribution in [2.75, 3.05) is 25.6 Å². The van der Waals surface area contributed by atoms with Crippen LogP contribution in [-0.2, 0) is 14.2 Å². The minimum absolute atomic E-state index is 0.184. The minimum Gasteiger partial charge on any atom is -0.396 e. The Bertz CT molecular complexity index is 412. The Morgan fingerprint density at radius 3 is 1.74 bits per heavy atom. The molecule has 162 valence electrons. The molecule has 2 saturated heterocycles.